The number of nitro groups is 1. The predicted molar refractivity (Wildman–Crippen MR) is 114 cm³/mol. The first-order chi connectivity index (χ1) is 14.1. The van der Waals surface area contributed by atoms with Crippen LogP contribution < -0.4 is 9.47 Å². The van der Waals surface area contributed by atoms with Crippen molar-refractivity contribution in [2.24, 2.45) is 4.99 Å². The van der Waals surface area contributed by atoms with E-state index in [1.807, 2.05) is 6.07 Å². The molecule has 0 atom stereocenters. The van der Waals surface area contributed by atoms with Crippen LogP contribution in [0.3, 0.4) is 0 Å². The van der Waals surface area contributed by atoms with E-state index in [2.05, 4.69) is 13.0 Å². The molecule has 0 aromatic heterocycles. The SMILES string of the molecule is CCCCCCC1=NCCc2c1ccc(OC)c2OCc1ccc([N+](=O)[O-])cc1. The molecule has 154 valence electrons. The van der Waals surface area contributed by atoms with Crippen LogP contribution in [0.1, 0.15) is 55.7 Å². The van der Waals surface area contributed by atoms with Crippen molar-refractivity contribution in [1.82, 2.24) is 0 Å². The van der Waals surface area contributed by atoms with Crippen LogP contribution in [-0.2, 0) is 13.0 Å². The molecule has 1 heterocycles. The lowest BCUT2D eigenvalue weighted by Gasteiger charge is -2.22. The van der Waals surface area contributed by atoms with Gasteiger partial charge >= 0.3 is 0 Å². The lowest BCUT2D eigenvalue weighted by atomic mass is 9.93. The first-order valence-corrected chi connectivity index (χ1v) is 10.2. The molecule has 0 spiro atoms. The monoisotopic (exact) mass is 396 g/mol. The van der Waals surface area contributed by atoms with Gasteiger partial charge in [0.25, 0.3) is 5.69 Å². The van der Waals surface area contributed by atoms with Crippen molar-refractivity contribution in [2.45, 2.75) is 52.1 Å². The number of non-ortho nitro benzene ring substituents is 1. The van der Waals surface area contributed by atoms with Crippen molar-refractivity contribution in [3.8, 4) is 11.5 Å². The summed E-state index contributed by atoms with van der Waals surface area (Å²) in [4.78, 5) is 15.2. The smallest absolute Gasteiger partial charge is 0.269 e. The second-order valence-electron chi connectivity index (χ2n) is 7.22. The van der Waals surface area contributed by atoms with Crippen LogP contribution in [-0.4, -0.2) is 24.3 Å². The number of hydrogen-bond donors (Lipinski definition) is 0. The summed E-state index contributed by atoms with van der Waals surface area (Å²) < 4.78 is 11.7. The van der Waals surface area contributed by atoms with Crippen molar-refractivity contribution < 1.29 is 14.4 Å². The molecule has 3 rings (SSSR count). The van der Waals surface area contributed by atoms with Crippen LogP contribution in [0.15, 0.2) is 41.4 Å². The molecule has 6 heteroatoms. The zero-order valence-corrected chi connectivity index (χ0v) is 17.1. The van der Waals surface area contributed by atoms with Gasteiger partial charge < -0.3 is 9.47 Å². The van der Waals surface area contributed by atoms with E-state index in [-0.39, 0.29) is 5.69 Å². The Hall–Kier alpha value is -2.89. The summed E-state index contributed by atoms with van der Waals surface area (Å²) in [6.45, 7) is 3.30. The Balaban J connectivity index is 1.77. The molecule has 0 aliphatic carbocycles. The molecule has 2 aromatic rings. The standard InChI is InChI=1S/C23H28N2O4/c1-3-4-5-6-7-21-19-12-13-22(28-2)23(20(19)14-15-24-21)29-16-17-8-10-18(11-9-17)25(26)27/h8-13H,3-7,14-16H2,1-2H3. The molecule has 29 heavy (non-hydrogen) atoms. The van der Waals surface area contributed by atoms with Crippen LogP contribution in [0, 0.1) is 10.1 Å². The van der Waals surface area contributed by atoms with Gasteiger partial charge in [0.15, 0.2) is 11.5 Å². The van der Waals surface area contributed by atoms with Gasteiger partial charge in [0.05, 0.1) is 12.0 Å². The highest BCUT2D eigenvalue weighted by Crippen LogP contribution is 2.37. The number of unbranched alkanes of at least 4 members (excludes halogenated alkanes) is 3. The predicted octanol–water partition coefficient (Wildman–Crippen LogP) is 5.50. The molecule has 6 nitrogen and oxygen atoms in total. The molecule has 0 radical (unpaired) electrons. The summed E-state index contributed by atoms with van der Waals surface area (Å²) in [5.41, 5.74) is 4.41. The number of methoxy groups -OCH3 is 1. The zero-order chi connectivity index (χ0) is 20.6. The maximum absolute atomic E-state index is 10.8. The summed E-state index contributed by atoms with van der Waals surface area (Å²) in [5, 5.41) is 10.8. The summed E-state index contributed by atoms with van der Waals surface area (Å²) in [5.74, 6) is 1.46. The highest BCUT2D eigenvalue weighted by Gasteiger charge is 2.21. The van der Waals surface area contributed by atoms with Crippen molar-refractivity contribution in [1.29, 1.82) is 0 Å². The minimum absolute atomic E-state index is 0.0762. The number of fused-ring (bicyclic) bond motifs is 1. The Morgan fingerprint density at radius 3 is 2.59 bits per heavy atom. The average molecular weight is 396 g/mol. The van der Waals surface area contributed by atoms with Gasteiger partial charge in [0, 0.05) is 35.5 Å². The number of ether oxygens (including phenoxy) is 2. The van der Waals surface area contributed by atoms with Crippen LogP contribution in [0.25, 0.3) is 0 Å². The van der Waals surface area contributed by atoms with Gasteiger partial charge in [-0.15, -0.1) is 0 Å². The van der Waals surface area contributed by atoms with Crippen LogP contribution >= 0.6 is 0 Å². The fraction of sp³-hybridized carbons (Fsp3) is 0.435. The molecular weight excluding hydrogens is 368 g/mol. The molecule has 1 aliphatic rings. The van der Waals surface area contributed by atoms with Gasteiger partial charge in [-0.25, -0.2) is 0 Å². The molecule has 0 unspecified atom stereocenters. The molecule has 0 bridgehead atoms. The molecule has 0 amide bonds. The van der Waals surface area contributed by atoms with E-state index in [9.17, 15) is 10.1 Å². The summed E-state index contributed by atoms with van der Waals surface area (Å²) in [6, 6.07) is 10.5. The Morgan fingerprint density at radius 1 is 1.10 bits per heavy atom. The summed E-state index contributed by atoms with van der Waals surface area (Å²) in [6.07, 6.45) is 6.66. The molecule has 2 aromatic carbocycles. The highest BCUT2D eigenvalue weighted by molar-refractivity contribution is 6.03. The second-order valence-corrected chi connectivity index (χ2v) is 7.22. The minimum Gasteiger partial charge on any atom is -0.493 e. The van der Waals surface area contributed by atoms with Crippen molar-refractivity contribution in [2.75, 3.05) is 13.7 Å². The minimum atomic E-state index is -0.400. The molecule has 0 saturated heterocycles. The Kier molecular flexibility index (Phi) is 7.22. The number of rotatable bonds is 10. The number of nitro benzene ring substituents is 1. The fourth-order valence-electron chi connectivity index (χ4n) is 3.63. The molecule has 0 fully saturated rings. The molecule has 0 N–H and O–H groups in total. The fourth-order valence-corrected chi connectivity index (χ4v) is 3.63. The summed E-state index contributed by atoms with van der Waals surface area (Å²) in [7, 11) is 1.64. The molecular formula is C23H28N2O4. The van der Waals surface area contributed by atoms with Gasteiger partial charge in [-0.2, -0.15) is 0 Å². The van der Waals surface area contributed by atoms with E-state index < -0.39 is 4.92 Å². The highest BCUT2D eigenvalue weighted by atomic mass is 16.6. The lowest BCUT2D eigenvalue weighted by molar-refractivity contribution is -0.384. The number of hydrogen-bond acceptors (Lipinski definition) is 5. The number of benzene rings is 2. The lowest BCUT2D eigenvalue weighted by Crippen LogP contribution is -2.15. The van der Waals surface area contributed by atoms with Crippen molar-refractivity contribution >= 4 is 11.4 Å². The van der Waals surface area contributed by atoms with Crippen LogP contribution in [0.5, 0.6) is 11.5 Å². The van der Waals surface area contributed by atoms with E-state index in [1.54, 1.807) is 19.2 Å². The van der Waals surface area contributed by atoms with Gasteiger partial charge in [-0.1, -0.05) is 26.2 Å². The summed E-state index contributed by atoms with van der Waals surface area (Å²) >= 11 is 0. The first kappa shape index (κ1) is 20.8. The van der Waals surface area contributed by atoms with Crippen molar-refractivity contribution in [3.05, 3.63) is 63.2 Å². The largest absolute Gasteiger partial charge is 0.493 e. The molecule has 1 aliphatic heterocycles. The topological polar surface area (TPSA) is 74.0 Å². The Bertz CT molecular complexity index is 875. The van der Waals surface area contributed by atoms with Crippen molar-refractivity contribution in [3.63, 3.8) is 0 Å². The second kappa shape index (κ2) is 10.0. The third-order valence-corrected chi connectivity index (χ3v) is 5.22. The van der Waals surface area contributed by atoms with Gasteiger partial charge in [0.1, 0.15) is 6.61 Å². The number of nitrogens with zero attached hydrogens (tertiary/aromatic N) is 2. The Morgan fingerprint density at radius 2 is 1.90 bits per heavy atom. The van der Waals surface area contributed by atoms with Gasteiger partial charge in [0.2, 0.25) is 0 Å². The van der Waals surface area contributed by atoms with E-state index in [1.165, 1.54) is 31.4 Å². The average Bonchev–Trinajstić information content (AvgIpc) is 2.75. The maximum atomic E-state index is 10.8. The normalized spacial score (nSPS) is 12.8. The Labute approximate surface area is 171 Å². The van der Waals surface area contributed by atoms with Crippen LogP contribution in [0.4, 0.5) is 5.69 Å². The van der Waals surface area contributed by atoms with Gasteiger partial charge in [-0.05, 0) is 49.1 Å². The molecule has 0 saturated carbocycles. The third kappa shape index (κ3) is 5.13. The zero-order valence-electron chi connectivity index (χ0n) is 17.1. The van der Waals surface area contributed by atoms with E-state index in [4.69, 9.17) is 14.5 Å². The van der Waals surface area contributed by atoms with E-state index >= 15 is 0 Å². The third-order valence-electron chi connectivity index (χ3n) is 5.22. The van der Waals surface area contributed by atoms with Gasteiger partial charge in [-0.3, -0.25) is 15.1 Å². The van der Waals surface area contributed by atoms with E-state index in [0.29, 0.717) is 12.4 Å². The van der Waals surface area contributed by atoms with Crippen LogP contribution in [0.2, 0.25) is 0 Å². The van der Waals surface area contributed by atoms with E-state index in [0.717, 1.165) is 54.0 Å². The maximum Gasteiger partial charge on any atom is 0.269 e. The number of aliphatic imine (C=N–C) groups is 1. The first-order valence-electron chi connectivity index (χ1n) is 10.2. The quantitative estimate of drug-likeness (QED) is 0.302.